The zero-order valence-electron chi connectivity index (χ0n) is 18.3. The van der Waals surface area contributed by atoms with Crippen molar-refractivity contribution >= 4 is 29.0 Å². The number of fused-ring (bicyclic) bond motifs is 1. The van der Waals surface area contributed by atoms with Crippen LogP contribution in [-0.2, 0) is 11.3 Å². The first-order valence-corrected chi connectivity index (χ1v) is 10.6. The van der Waals surface area contributed by atoms with E-state index in [1.54, 1.807) is 25.1 Å². The summed E-state index contributed by atoms with van der Waals surface area (Å²) in [5, 5.41) is 0.465. The number of piperazine rings is 1. The third-order valence-electron chi connectivity index (χ3n) is 6.13. The fourth-order valence-corrected chi connectivity index (χ4v) is 4.30. The molecule has 2 aromatic heterocycles. The Balaban J connectivity index is 1.56. The van der Waals surface area contributed by atoms with Gasteiger partial charge in [0.2, 0.25) is 5.78 Å². The molecule has 0 radical (unpaired) electrons. The lowest BCUT2D eigenvalue weighted by atomic mass is 10.0. The summed E-state index contributed by atoms with van der Waals surface area (Å²) in [4.78, 5) is 47.8. The van der Waals surface area contributed by atoms with E-state index in [0.717, 1.165) is 5.56 Å². The molecule has 1 fully saturated rings. The Kier molecular flexibility index (Phi) is 5.88. The molecule has 1 unspecified atom stereocenters. The number of rotatable bonds is 5. The molecular formula is C24H25FN4O3. The van der Waals surface area contributed by atoms with Crippen LogP contribution in [0.3, 0.4) is 0 Å². The molecule has 7 nitrogen and oxygen atoms in total. The zero-order valence-corrected chi connectivity index (χ0v) is 18.3. The Morgan fingerprint density at radius 2 is 1.88 bits per heavy atom. The van der Waals surface area contributed by atoms with Crippen LogP contribution in [-0.4, -0.2) is 62.9 Å². The second-order valence-electron chi connectivity index (χ2n) is 8.41. The lowest BCUT2D eigenvalue weighted by molar-refractivity contribution is -0.104. The summed E-state index contributed by atoms with van der Waals surface area (Å²) in [5.74, 6) is -1.06. The maximum Gasteiger partial charge on any atom is 0.256 e. The van der Waals surface area contributed by atoms with Crippen LogP contribution < -0.4 is 0 Å². The number of carbonyl (C=O) groups excluding carboxylic acids is 3. The van der Waals surface area contributed by atoms with Gasteiger partial charge in [-0.1, -0.05) is 12.1 Å². The molecule has 3 heterocycles. The molecule has 1 amide bonds. The average molecular weight is 436 g/mol. The van der Waals surface area contributed by atoms with Crippen molar-refractivity contribution in [3.63, 3.8) is 0 Å². The van der Waals surface area contributed by atoms with Gasteiger partial charge in [-0.25, -0.2) is 9.37 Å². The number of pyridine rings is 1. The van der Waals surface area contributed by atoms with Crippen molar-refractivity contribution in [2.75, 3.05) is 13.1 Å². The number of halogens is 1. The van der Waals surface area contributed by atoms with Crippen molar-refractivity contribution in [2.24, 2.45) is 0 Å². The van der Waals surface area contributed by atoms with E-state index >= 15 is 0 Å². The lowest BCUT2D eigenvalue weighted by Crippen LogP contribution is -2.57. The molecule has 1 saturated heterocycles. The smallest absolute Gasteiger partial charge is 0.256 e. The molecule has 1 aliphatic rings. The van der Waals surface area contributed by atoms with Gasteiger partial charge in [-0.3, -0.25) is 19.3 Å². The van der Waals surface area contributed by atoms with Gasteiger partial charge in [0.25, 0.3) is 5.91 Å². The molecular weight excluding hydrogens is 411 g/mol. The fourth-order valence-electron chi connectivity index (χ4n) is 4.30. The van der Waals surface area contributed by atoms with Crippen molar-refractivity contribution < 1.29 is 18.8 Å². The van der Waals surface area contributed by atoms with Crippen molar-refractivity contribution in [3.8, 4) is 0 Å². The number of aromatic amines is 1. The van der Waals surface area contributed by atoms with Gasteiger partial charge in [-0.05, 0) is 44.5 Å². The molecule has 4 rings (SSSR count). The number of nitrogens with one attached hydrogen (secondary N) is 1. The number of hydrogen-bond donors (Lipinski definition) is 1. The number of aldehydes is 1. The third-order valence-corrected chi connectivity index (χ3v) is 6.13. The van der Waals surface area contributed by atoms with Crippen LogP contribution in [0.25, 0.3) is 11.0 Å². The van der Waals surface area contributed by atoms with Crippen LogP contribution in [0.15, 0.2) is 36.5 Å². The van der Waals surface area contributed by atoms with Crippen LogP contribution in [0.2, 0.25) is 0 Å². The van der Waals surface area contributed by atoms with Gasteiger partial charge < -0.3 is 9.88 Å². The van der Waals surface area contributed by atoms with E-state index in [4.69, 9.17) is 0 Å². The van der Waals surface area contributed by atoms with E-state index in [9.17, 15) is 18.8 Å². The average Bonchev–Trinajstić information content (AvgIpc) is 3.18. The molecule has 1 N–H and O–H groups in total. The molecule has 3 aromatic rings. The Labute approximate surface area is 185 Å². The molecule has 0 spiro atoms. The van der Waals surface area contributed by atoms with E-state index in [1.165, 1.54) is 18.3 Å². The molecule has 0 aliphatic carbocycles. The highest BCUT2D eigenvalue weighted by Gasteiger charge is 2.33. The van der Waals surface area contributed by atoms with Gasteiger partial charge in [0, 0.05) is 43.3 Å². The van der Waals surface area contributed by atoms with Gasteiger partial charge in [-0.15, -0.1) is 0 Å². The monoisotopic (exact) mass is 436 g/mol. The number of aryl methyl sites for hydroxylation is 1. The van der Waals surface area contributed by atoms with Crippen LogP contribution in [0.1, 0.15) is 45.8 Å². The highest BCUT2D eigenvalue weighted by Crippen LogP contribution is 2.25. The SMILES string of the molecule is Cc1nc2[nH]cc(C(=O)C=O)c2cc1C(=O)N1C[C@H](C)N(Cc2ccc(F)cc2)CC1C. The summed E-state index contributed by atoms with van der Waals surface area (Å²) in [6.07, 6.45) is 1.70. The second-order valence-corrected chi connectivity index (χ2v) is 8.41. The third kappa shape index (κ3) is 4.05. The van der Waals surface area contributed by atoms with Gasteiger partial charge in [0.15, 0.2) is 6.29 Å². The van der Waals surface area contributed by atoms with Crippen LogP contribution in [0, 0.1) is 12.7 Å². The number of nitrogens with zero attached hydrogens (tertiary/aromatic N) is 3. The molecule has 0 bridgehead atoms. The number of amides is 1. The molecule has 1 aromatic carbocycles. The van der Waals surface area contributed by atoms with Crippen molar-refractivity contribution in [1.29, 1.82) is 0 Å². The molecule has 32 heavy (non-hydrogen) atoms. The summed E-state index contributed by atoms with van der Waals surface area (Å²) in [6, 6.07) is 8.19. The molecule has 8 heteroatoms. The Morgan fingerprint density at radius 3 is 2.56 bits per heavy atom. The zero-order chi connectivity index (χ0) is 23.0. The van der Waals surface area contributed by atoms with E-state index in [-0.39, 0.29) is 35.7 Å². The van der Waals surface area contributed by atoms with Gasteiger partial charge >= 0.3 is 0 Å². The van der Waals surface area contributed by atoms with Crippen LogP contribution in [0.5, 0.6) is 0 Å². The topological polar surface area (TPSA) is 86.4 Å². The van der Waals surface area contributed by atoms with Crippen LogP contribution >= 0.6 is 0 Å². The maximum atomic E-state index is 13.5. The van der Waals surface area contributed by atoms with E-state index in [2.05, 4.69) is 21.8 Å². The van der Waals surface area contributed by atoms with Gasteiger partial charge in [-0.2, -0.15) is 0 Å². The summed E-state index contributed by atoms with van der Waals surface area (Å²) >= 11 is 0. The number of ketones is 1. The Morgan fingerprint density at radius 1 is 1.16 bits per heavy atom. The Bertz CT molecular complexity index is 1190. The first-order valence-electron chi connectivity index (χ1n) is 10.6. The molecule has 166 valence electrons. The minimum absolute atomic E-state index is 0.0449. The maximum absolute atomic E-state index is 13.5. The summed E-state index contributed by atoms with van der Waals surface area (Å²) in [5.41, 5.74) is 2.68. The number of hydrogen-bond acceptors (Lipinski definition) is 5. The van der Waals surface area contributed by atoms with E-state index in [1.807, 2.05) is 11.8 Å². The summed E-state index contributed by atoms with van der Waals surface area (Å²) < 4.78 is 13.2. The number of carbonyl (C=O) groups is 3. The Hall–Kier alpha value is -3.39. The highest BCUT2D eigenvalue weighted by molar-refractivity contribution is 6.36. The first kappa shape index (κ1) is 21.8. The van der Waals surface area contributed by atoms with Crippen molar-refractivity contribution in [3.05, 3.63) is 64.7 Å². The predicted molar refractivity (Wildman–Crippen MR) is 118 cm³/mol. The summed E-state index contributed by atoms with van der Waals surface area (Å²) in [7, 11) is 0. The van der Waals surface area contributed by atoms with Crippen molar-refractivity contribution in [2.45, 2.75) is 39.4 Å². The predicted octanol–water partition coefficient (Wildman–Crippen LogP) is 3.13. The van der Waals surface area contributed by atoms with Crippen molar-refractivity contribution in [1.82, 2.24) is 19.8 Å². The van der Waals surface area contributed by atoms with Gasteiger partial charge in [0.1, 0.15) is 11.5 Å². The van der Waals surface area contributed by atoms with Gasteiger partial charge in [0.05, 0.1) is 16.8 Å². The second kappa shape index (κ2) is 8.63. The first-order chi connectivity index (χ1) is 15.3. The minimum Gasteiger partial charge on any atom is -0.345 e. The molecule has 2 atom stereocenters. The van der Waals surface area contributed by atoms with E-state index in [0.29, 0.717) is 41.9 Å². The number of aromatic nitrogens is 2. The fraction of sp³-hybridized carbons (Fsp3) is 0.333. The van der Waals surface area contributed by atoms with E-state index < -0.39 is 5.78 Å². The minimum atomic E-state index is -0.656. The standard InChI is InChI=1S/C24H25FN4O3/c1-14-11-29(15(2)10-28(14)12-17-4-6-18(25)7-5-17)24(32)19-8-20-21(22(31)13-30)9-26-23(20)27-16(19)3/h4-9,13-15H,10-12H2,1-3H3,(H,26,27)/t14-,15?/m0/s1. The number of H-pyrrole nitrogens is 1. The highest BCUT2D eigenvalue weighted by atomic mass is 19.1. The lowest BCUT2D eigenvalue weighted by Gasteiger charge is -2.44. The normalized spacial score (nSPS) is 19.3. The number of benzene rings is 1. The quantitative estimate of drug-likeness (QED) is 0.377. The number of Topliss-reactive ketones (excluding diaryl/α,β-unsaturated/α-hetero) is 1. The van der Waals surface area contributed by atoms with Crippen LogP contribution in [0.4, 0.5) is 4.39 Å². The largest absolute Gasteiger partial charge is 0.345 e. The molecule has 1 aliphatic heterocycles. The summed E-state index contributed by atoms with van der Waals surface area (Å²) in [6.45, 7) is 7.72. The molecule has 0 saturated carbocycles.